The standard InChI is InChI=1S/C8H15N2O5/c9-8-5(10-4-2-15(4)10)7(13)6(12)3(1-11)14-8/h3-8,11-13H,1-2,9H2/q+1/t3-,4-,5-,6-,7-,8-,10?/m1/s1. The smallest absolute Gasteiger partial charge is 0.368 e. The Morgan fingerprint density at radius 3 is 2.53 bits per heavy atom. The van der Waals surface area contributed by atoms with Gasteiger partial charge in [0.25, 0.3) is 6.61 Å². The van der Waals surface area contributed by atoms with Crippen molar-refractivity contribution in [3.05, 3.63) is 0 Å². The summed E-state index contributed by atoms with van der Waals surface area (Å²) in [5, 5.41) is 30.3. The van der Waals surface area contributed by atoms with Gasteiger partial charge in [-0.3, -0.25) is 4.47 Å². The third-order valence-electron chi connectivity index (χ3n) is 3.24. The molecule has 7 atom stereocenters. The molecule has 0 aromatic rings. The van der Waals surface area contributed by atoms with Gasteiger partial charge in [0.1, 0.15) is 24.5 Å². The minimum absolute atomic E-state index is 0.289. The Labute approximate surface area is 86.3 Å². The lowest BCUT2D eigenvalue weighted by Gasteiger charge is -2.39. The Kier molecular flexibility index (Phi) is 2.05. The number of hydrogen-bond donors (Lipinski definition) is 4. The normalized spacial score (nSPS) is 58.8. The number of aliphatic hydroxyl groups is 3. The molecule has 3 fully saturated rings. The Morgan fingerprint density at radius 2 is 2.07 bits per heavy atom. The highest BCUT2D eigenvalue weighted by Crippen LogP contribution is 2.52. The number of ether oxygens (including phenoxy) is 1. The van der Waals surface area contributed by atoms with E-state index in [9.17, 15) is 10.2 Å². The molecule has 0 aromatic carbocycles. The zero-order valence-corrected chi connectivity index (χ0v) is 8.06. The summed E-state index contributed by atoms with van der Waals surface area (Å²) in [5.41, 5.74) is 5.74. The molecule has 3 heterocycles. The highest BCUT2D eigenvalue weighted by Gasteiger charge is 2.81. The van der Waals surface area contributed by atoms with E-state index in [4.69, 9.17) is 15.6 Å². The van der Waals surface area contributed by atoms with Crippen LogP contribution in [0, 0.1) is 0 Å². The van der Waals surface area contributed by atoms with E-state index < -0.39 is 30.6 Å². The molecule has 3 saturated heterocycles. The molecule has 3 aliphatic rings. The predicted octanol–water partition coefficient (Wildman–Crippen LogP) is -3.12. The van der Waals surface area contributed by atoms with Gasteiger partial charge in [0, 0.05) is 5.06 Å². The largest absolute Gasteiger partial charge is 0.394 e. The van der Waals surface area contributed by atoms with Gasteiger partial charge >= 0.3 is 6.23 Å². The second-order valence-corrected chi connectivity index (χ2v) is 4.18. The monoisotopic (exact) mass is 219 g/mol. The summed E-state index contributed by atoms with van der Waals surface area (Å²) in [7, 11) is 0. The molecule has 86 valence electrons. The Morgan fingerprint density at radius 1 is 1.40 bits per heavy atom. The highest BCUT2D eigenvalue weighted by atomic mass is 17.1. The fraction of sp³-hybridized carbons (Fsp3) is 1.00. The number of nitrogens with zero attached hydrogens (tertiary/aromatic N) is 1. The molecule has 7 nitrogen and oxygen atoms in total. The van der Waals surface area contributed by atoms with E-state index in [0.717, 1.165) is 6.61 Å². The molecule has 0 aromatic heterocycles. The number of nitrogens with two attached hydrogens (primary N) is 1. The van der Waals surface area contributed by atoms with Crippen molar-refractivity contribution in [2.75, 3.05) is 13.2 Å². The van der Waals surface area contributed by atoms with Crippen LogP contribution in [0.3, 0.4) is 0 Å². The summed E-state index contributed by atoms with van der Waals surface area (Å²) in [6, 6.07) is -0.438. The van der Waals surface area contributed by atoms with Crippen LogP contribution in [0.25, 0.3) is 0 Å². The highest BCUT2D eigenvalue weighted by molar-refractivity contribution is 5.02. The fourth-order valence-electron chi connectivity index (χ4n) is 2.19. The van der Waals surface area contributed by atoms with Crippen LogP contribution in [-0.2, 0) is 9.20 Å². The Balaban J connectivity index is 1.72. The van der Waals surface area contributed by atoms with Crippen LogP contribution < -0.4 is 5.73 Å². The number of hydroxylamine groups is 2. The zero-order chi connectivity index (χ0) is 10.7. The Bertz CT molecular complexity index is 270. The first kappa shape index (κ1) is 9.91. The maximum absolute atomic E-state index is 9.86. The van der Waals surface area contributed by atoms with E-state index >= 15 is 0 Å². The van der Waals surface area contributed by atoms with Crippen molar-refractivity contribution in [1.29, 1.82) is 0 Å². The quantitative estimate of drug-likeness (QED) is 0.289. The van der Waals surface area contributed by atoms with E-state index in [2.05, 4.69) is 4.47 Å². The van der Waals surface area contributed by atoms with Gasteiger partial charge in [-0.25, -0.2) is 0 Å². The Hall–Kier alpha value is -0.280. The molecule has 15 heavy (non-hydrogen) atoms. The summed E-state index contributed by atoms with van der Waals surface area (Å²) in [4.78, 5) is 0. The van der Waals surface area contributed by atoms with Gasteiger partial charge in [0.2, 0.25) is 0 Å². The number of hydrogen-bond acceptors (Lipinski definition) is 6. The molecule has 3 rings (SSSR count). The predicted molar refractivity (Wildman–Crippen MR) is 47.3 cm³/mol. The van der Waals surface area contributed by atoms with E-state index in [1.165, 1.54) is 0 Å². The molecule has 7 heteroatoms. The van der Waals surface area contributed by atoms with Crippen LogP contribution in [0.2, 0.25) is 0 Å². The van der Waals surface area contributed by atoms with Gasteiger partial charge in [-0.1, -0.05) is 0 Å². The van der Waals surface area contributed by atoms with Crippen molar-refractivity contribution in [2.45, 2.75) is 36.8 Å². The number of rotatable bonds is 2. The van der Waals surface area contributed by atoms with Crippen LogP contribution in [0.1, 0.15) is 0 Å². The van der Waals surface area contributed by atoms with Gasteiger partial charge in [-0.05, 0) is 0 Å². The van der Waals surface area contributed by atoms with Gasteiger partial charge < -0.3 is 25.8 Å². The van der Waals surface area contributed by atoms with Crippen molar-refractivity contribution in [3.8, 4) is 0 Å². The molecule has 0 spiro atoms. The van der Waals surface area contributed by atoms with Crippen molar-refractivity contribution in [2.24, 2.45) is 5.73 Å². The molecular weight excluding hydrogens is 204 g/mol. The maximum atomic E-state index is 9.86. The maximum Gasteiger partial charge on any atom is 0.368 e. The molecule has 0 aliphatic carbocycles. The van der Waals surface area contributed by atoms with Gasteiger partial charge in [0.15, 0.2) is 6.04 Å². The van der Waals surface area contributed by atoms with Crippen LogP contribution in [-0.4, -0.2) is 70.4 Å². The number of aliphatic hydroxyl groups excluding tert-OH is 3. The van der Waals surface area contributed by atoms with Crippen molar-refractivity contribution in [1.82, 2.24) is 5.06 Å². The first-order valence-corrected chi connectivity index (χ1v) is 5.01. The molecule has 5 N–H and O–H groups in total. The van der Waals surface area contributed by atoms with Gasteiger partial charge in [-0.2, -0.15) is 0 Å². The fourth-order valence-corrected chi connectivity index (χ4v) is 2.19. The second-order valence-electron chi connectivity index (χ2n) is 4.18. The molecule has 0 bridgehead atoms. The number of epoxide rings is 1. The summed E-state index contributed by atoms with van der Waals surface area (Å²) in [5.74, 6) is 0. The molecule has 1 unspecified atom stereocenters. The first-order valence-electron chi connectivity index (χ1n) is 5.01. The minimum atomic E-state index is -1.10. The SMILES string of the molecule is N[C@@H]1O[C@H](CO)[C@@H](O)[C@H](O)[C@H]1N1[C@H]2C[O+]21. The lowest BCUT2D eigenvalue weighted by molar-refractivity contribution is -0.231. The molecule has 0 saturated carbocycles. The molecular formula is C8H15N2O5+. The summed E-state index contributed by atoms with van der Waals surface area (Å²) >= 11 is 0. The third kappa shape index (κ3) is 1.32. The topological polar surface area (TPSA) is 102 Å². The van der Waals surface area contributed by atoms with E-state index in [1.807, 2.05) is 5.06 Å². The van der Waals surface area contributed by atoms with Crippen molar-refractivity contribution in [3.63, 3.8) is 0 Å². The average Bonchev–Trinajstić information content (AvgIpc) is 3.07. The molecule has 0 amide bonds. The van der Waals surface area contributed by atoms with Crippen molar-refractivity contribution >= 4 is 0 Å². The summed E-state index contributed by atoms with van der Waals surface area (Å²) in [6.07, 6.45) is -3.30. The second kappa shape index (κ2) is 3.11. The van der Waals surface area contributed by atoms with Gasteiger partial charge in [0.05, 0.1) is 6.61 Å². The lowest BCUT2D eigenvalue weighted by atomic mass is 9.96. The average molecular weight is 219 g/mol. The number of fused-ring (bicyclic) bond motifs is 1. The van der Waals surface area contributed by atoms with Gasteiger partial charge in [-0.15, -0.1) is 0 Å². The lowest BCUT2D eigenvalue weighted by Crippen LogP contribution is -2.64. The molecule has 0 radical (unpaired) electrons. The van der Waals surface area contributed by atoms with Crippen LogP contribution in [0.15, 0.2) is 0 Å². The summed E-state index contributed by atoms with van der Waals surface area (Å²) < 4.78 is 8.01. The third-order valence-corrected chi connectivity index (χ3v) is 3.24. The van der Waals surface area contributed by atoms with Crippen LogP contribution in [0.4, 0.5) is 0 Å². The van der Waals surface area contributed by atoms with Crippen molar-refractivity contribution < 1.29 is 24.5 Å². The van der Waals surface area contributed by atoms with Crippen LogP contribution in [0.5, 0.6) is 0 Å². The zero-order valence-electron chi connectivity index (χ0n) is 8.06. The minimum Gasteiger partial charge on any atom is -0.394 e. The van der Waals surface area contributed by atoms with Crippen LogP contribution >= 0.6 is 0 Å². The summed E-state index contributed by atoms with van der Waals surface area (Å²) in [6.45, 7) is 0.564. The molecule has 3 aliphatic heterocycles. The first-order chi connectivity index (χ1) is 7.15. The van der Waals surface area contributed by atoms with E-state index in [-0.39, 0.29) is 12.8 Å². The van der Waals surface area contributed by atoms with E-state index in [0.29, 0.717) is 0 Å². The van der Waals surface area contributed by atoms with E-state index in [1.54, 1.807) is 0 Å².